The summed E-state index contributed by atoms with van der Waals surface area (Å²) in [6, 6.07) is 0. The van der Waals surface area contributed by atoms with E-state index in [0.29, 0.717) is 26.3 Å². The Labute approximate surface area is 118 Å². The van der Waals surface area contributed by atoms with E-state index in [1.807, 2.05) is 6.92 Å². The zero-order chi connectivity index (χ0) is 13.4. The van der Waals surface area contributed by atoms with E-state index in [9.17, 15) is 8.42 Å². The van der Waals surface area contributed by atoms with Crippen LogP contribution < -0.4 is 0 Å². The Hall–Kier alpha value is 0.310. The Balaban J connectivity index is 2.32. The second-order valence-corrected chi connectivity index (χ2v) is 7.05. The van der Waals surface area contributed by atoms with Crippen LogP contribution in [-0.4, -0.2) is 62.8 Å². The maximum Gasteiger partial charge on any atom is 0.216 e. The van der Waals surface area contributed by atoms with Crippen molar-refractivity contribution in [2.45, 2.75) is 25.9 Å². The molecule has 0 aromatic heterocycles. The zero-order valence-electron chi connectivity index (χ0n) is 10.8. The monoisotopic (exact) mass is 343 g/mol. The van der Waals surface area contributed by atoms with Gasteiger partial charge in [0.15, 0.2) is 0 Å². The summed E-state index contributed by atoms with van der Waals surface area (Å²) >= 11 is 3.31. The molecule has 5 nitrogen and oxygen atoms in total. The molecule has 1 rings (SSSR count). The molecule has 0 atom stereocenters. The Bertz CT molecular complexity index is 315. The quantitative estimate of drug-likeness (QED) is 0.491. The predicted molar refractivity (Wildman–Crippen MR) is 74.6 cm³/mol. The van der Waals surface area contributed by atoms with Gasteiger partial charge in [-0.25, -0.2) is 12.7 Å². The summed E-state index contributed by atoms with van der Waals surface area (Å²) in [6.07, 6.45) is 1.75. The normalized spacial score (nSPS) is 19.2. The van der Waals surface area contributed by atoms with Crippen molar-refractivity contribution in [3.63, 3.8) is 0 Å². The number of ether oxygens (including phenoxy) is 2. The second kappa shape index (κ2) is 8.47. The minimum atomic E-state index is -3.16. The van der Waals surface area contributed by atoms with Gasteiger partial charge in [-0.1, -0.05) is 15.9 Å². The molecule has 0 radical (unpaired) electrons. The molecule has 1 aliphatic rings. The molecule has 0 amide bonds. The van der Waals surface area contributed by atoms with Crippen molar-refractivity contribution >= 4 is 26.0 Å². The molecule has 0 bridgehead atoms. The van der Waals surface area contributed by atoms with Crippen LogP contribution in [-0.2, 0) is 19.5 Å². The van der Waals surface area contributed by atoms with Gasteiger partial charge in [-0.15, -0.1) is 0 Å². The summed E-state index contributed by atoms with van der Waals surface area (Å²) in [5.74, 6) is 0.0771. The maximum atomic E-state index is 12.0. The highest BCUT2D eigenvalue weighted by atomic mass is 79.9. The summed E-state index contributed by atoms with van der Waals surface area (Å²) in [6.45, 7) is 4.49. The predicted octanol–water partition coefficient (Wildman–Crippen LogP) is 1.23. The number of piperidine rings is 1. The standard InChI is InChI=1S/C11H22BrNO4S/c1-2-16-9-10-18(14,15)13-6-3-11(4-7-13)17-8-5-12/h11H,2-10H2,1H3. The average molecular weight is 344 g/mol. The van der Waals surface area contributed by atoms with Crippen LogP contribution in [0.3, 0.4) is 0 Å². The summed E-state index contributed by atoms with van der Waals surface area (Å²) in [5.41, 5.74) is 0. The molecule has 0 aromatic rings. The number of sulfonamides is 1. The van der Waals surface area contributed by atoms with E-state index in [2.05, 4.69) is 15.9 Å². The lowest BCUT2D eigenvalue weighted by molar-refractivity contribution is 0.0308. The van der Waals surface area contributed by atoms with Crippen molar-refractivity contribution in [3.05, 3.63) is 0 Å². The highest BCUT2D eigenvalue weighted by Crippen LogP contribution is 2.17. The number of alkyl halides is 1. The van der Waals surface area contributed by atoms with Crippen LogP contribution in [0.15, 0.2) is 0 Å². The van der Waals surface area contributed by atoms with Gasteiger partial charge in [0, 0.05) is 25.0 Å². The summed E-state index contributed by atoms with van der Waals surface area (Å²) in [5, 5.41) is 0.819. The van der Waals surface area contributed by atoms with Gasteiger partial charge in [-0.3, -0.25) is 0 Å². The van der Waals surface area contributed by atoms with Crippen LogP contribution in [0.1, 0.15) is 19.8 Å². The summed E-state index contributed by atoms with van der Waals surface area (Å²) < 4.78 is 36.2. The van der Waals surface area contributed by atoms with Crippen LogP contribution in [0.2, 0.25) is 0 Å². The lowest BCUT2D eigenvalue weighted by Gasteiger charge is -2.31. The largest absolute Gasteiger partial charge is 0.381 e. The fourth-order valence-electron chi connectivity index (χ4n) is 1.93. The molecule has 1 aliphatic heterocycles. The molecule has 0 N–H and O–H groups in total. The van der Waals surface area contributed by atoms with Gasteiger partial charge in [-0.2, -0.15) is 0 Å². The Morgan fingerprint density at radius 3 is 2.50 bits per heavy atom. The van der Waals surface area contributed by atoms with E-state index in [0.717, 1.165) is 18.2 Å². The molecule has 0 aliphatic carbocycles. The molecule has 7 heteroatoms. The molecule has 1 saturated heterocycles. The van der Waals surface area contributed by atoms with Crippen molar-refractivity contribution in [1.82, 2.24) is 4.31 Å². The third kappa shape index (κ3) is 5.52. The topological polar surface area (TPSA) is 55.8 Å². The van der Waals surface area contributed by atoms with E-state index in [-0.39, 0.29) is 18.5 Å². The van der Waals surface area contributed by atoms with E-state index >= 15 is 0 Å². The Morgan fingerprint density at radius 1 is 1.28 bits per heavy atom. The highest BCUT2D eigenvalue weighted by Gasteiger charge is 2.27. The van der Waals surface area contributed by atoms with Crippen molar-refractivity contribution in [3.8, 4) is 0 Å². The van der Waals surface area contributed by atoms with Crippen LogP contribution in [0.25, 0.3) is 0 Å². The number of nitrogens with zero attached hydrogens (tertiary/aromatic N) is 1. The molecule has 0 saturated carbocycles. The van der Waals surface area contributed by atoms with Gasteiger partial charge in [0.25, 0.3) is 0 Å². The smallest absolute Gasteiger partial charge is 0.216 e. The van der Waals surface area contributed by atoms with Gasteiger partial charge in [-0.05, 0) is 19.8 Å². The van der Waals surface area contributed by atoms with Crippen LogP contribution in [0.5, 0.6) is 0 Å². The number of halogens is 1. The molecular weight excluding hydrogens is 322 g/mol. The van der Waals surface area contributed by atoms with Gasteiger partial charge in [0.2, 0.25) is 10.0 Å². The van der Waals surface area contributed by atoms with Gasteiger partial charge < -0.3 is 9.47 Å². The fraction of sp³-hybridized carbons (Fsp3) is 1.00. The zero-order valence-corrected chi connectivity index (χ0v) is 13.2. The van der Waals surface area contributed by atoms with E-state index in [4.69, 9.17) is 9.47 Å². The lowest BCUT2D eigenvalue weighted by Crippen LogP contribution is -2.42. The first-order chi connectivity index (χ1) is 8.60. The number of rotatable bonds is 8. The second-order valence-electron chi connectivity index (χ2n) is 4.17. The van der Waals surface area contributed by atoms with E-state index < -0.39 is 10.0 Å². The Kier molecular flexibility index (Phi) is 7.70. The molecule has 18 heavy (non-hydrogen) atoms. The van der Waals surface area contributed by atoms with Crippen LogP contribution >= 0.6 is 15.9 Å². The molecule has 0 aromatic carbocycles. The van der Waals surface area contributed by atoms with Crippen molar-refractivity contribution in [1.29, 1.82) is 0 Å². The first-order valence-corrected chi connectivity index (χ1v) is 9.06. The van der Waals surface area contributed by atoms with Gasteiger partial charge in [0.1, 0.15) is 0 Å². The lowest BCUT2D eigenvalue weighted by atomic mass is 10.1. The first kappa shape index (κ1) is 16.4. The summed E-state index contributed by atoms with van der Waals surface area (Å²) in [7, 11) is -3.16. The minimum Gasteiger partial charge on any atom is -0.381 e. The SMILES string of the molecule is CCOCCS(=O)(=O)N1CCC(OCCBr)CC1. The fourth-order valence-corrected chi connectivity index (χ4v) is 3.47. The number of hydrogen-bond donors (Lipinski definition) is 0. The highest BCUT2D eigenvalue weighted by molar-refractivity contribution is 9.09. The number of hydrogen-bond acceptors (Lipinski definition) is 4. The van der Waals surface area contributed by atoms with E-state index in [1.54, 1.807) is 4.31 Å². The van der Waals surface area contributed by atoms with Crippen LogP contribution in [0, 0.1) is 0 Å². The third-order valence-electron chi connectivity index (χ3n) is 2.91. The Morgan fingerprint density at radius 2 is 1.94 bits per heavy atom. The van der Waals surface area contributed by atoms with Crippen LogP contribution in [0.4, 0.5) is 0 Å². The molecule has 108 valence electrons. The van der Waals surface area contributed by atoms with Gasteiger partial charge in [0.05, 0.1) is 25.1 Å². The minimum absolute atomic E-state index is 0.0771. The molecule has 0 spiro atoms. The van der Waals surface area contributed by atoms with Crippen molar-refractivity contribution in [2.75, 3.05) is 44.0 Å². The average Bonchev–Trinajstić information content (AvgIpc) is 2.37. The third-order valence-corrected chi connectivity index (χ3v) is 5.07. The van der Waals surface area contributed by atoms with Crippen molar-refractivity contribution < 1.29 is 17.9 Å². The summed E-state index contributed by atoms with van der Waals surface area (Å²) in [4.78, 5) is 0. The first-order valence-electron chi connectivity index (χ1n) is 6.33. The van der Waals surface area contributed by atoms with Gasteiger partial charge >= 0.3 is 0 Å². The molecule has 1 heterocycles. The molecule has 1 fully saturated rings. The molecule has 0 unspecified atom stereocenters. The van der Waals surface area contributed by atoms with E-state index in [1.165, 1.54) is 0 Å². The maximum absolute atomic E-state index is 12.0. The van der Waals surface area contributed by atoms with Crippen molar-refractivity contribution in [2.24, 2.45) is 0 Å². The molecular formula is C11H22BrNO4S.